The number of anilines is 1. The minimum Gasteiger partial charge on any atom is -0.484 e. The van der Waals surface area contributed by atoms with Crippen molar-refractivity contribution in [2.75, 3.05) is 31.6 Å². The van der Waals surface area contributed by atoms with Gasteiger partial charge in [-0.3, -0.25) is 24.7 Å². The number of carbonyl (C=O) groups excluding carboxylic acids is 3. The molecule has 0 spiro atoms. The first kappa shape index (κ1) is 29.8. The summed E-state index contributed by atoms with van der Waals surface area (Å²) in [6.07, 6.45) is 1.16. The Hall–Kier alpha value is -4.39. The predicted molar refractivity (Wildman–Crippen MR) is 143 cm³/mol. The molecule has 0 aliphatic carbocycles. The Kier molecular flexibility index (Phi) is 11.3. The molecule has 3 rings (SSSR count). The number of halogens is 1. The Labute approximate surface area is 225 Å². The van der Waals surface area contributed by atoms with Gasteiger partial charge in [-0.05, 0) is 43.5 Å². The number of nitro benzene ring substituents is 1. The average Bonchev–Trinajstić information content (AvgIpc) is 2.84. The Bertz CT molecular complexity index is 1140. The van der Waals surface area contributed by atoms with Gasteiger partial charge >= 0.3 is 6.03 Å². The summed E-state index contributed by atoms with van der Waals surface area (Å²) in [4.78, 5) is 56.6. The third-order valence-corrected chi connectivity index (χ3v) is 5.60. The van der Waals surface area contributed by atoms with E-state index in [1.807, 2.05) is 0 Å². The average molecular weight is 548 g/mol. The number of rotatable bonds is 11. The molecule has 13 nitrogen and oxygen atoms in total. The van der Waals surface area contributed by atoms with Crippen molar-refractivity contribution in [3.63, 3.8) is 0 Å². The van der Waals surface area contributed by atoms with E-state index in [4.69, 9.17) is 16.2 Å². The molecule has 1 saturated heterocycles. The number of urea groups is 1. The first-order valence-corrected chi connectivity index (χ1v) is 11.7. The van der Waals surface area contributed by atoms with Gasteiger partial charge in [0, 0.05) is 37.5 Å². The standard InChI is InChI=1S/C24H29N7O6.ClH/c25-23(26)27-13-4-8-20(22(33)28-17-9-11-18(12-10-17)31(35)36)30(24(34)29-14-5-15-29)21(32)16-37-19-6-2-1-3-7-19;/h1-3,6-7,9-12,20H,4-5,8,13-16H2,(H,28,33)(H4,25,26,27);1H/t20-;/m0./s1. The van der Waals surface area contributed by atoms with Crippen LogP contribution < -0.4 is 21.5 Å². The maximum Gasteiger partial charge on any atom is 0.327 e. The van der Waals surface area contributed by atoms with Crippen molar-refractivity contribution in [2.24, 2.45) is 16.5 Å². The van der Waals surface area contributed by atoms with Gasteiger partial charge in [0.2, 0.25) is 5.91 Å². The summed E-state index contributed by atoms with van der Waals surface area (Å²) in [5.41, 5.74) is 10.9. The number of ether oxygens (including phenoxy) is 1. The van der Waals surface area contributed by atoms with Crippen LogP contribution in [0.5, 0.6) is 5.75 Å². The monoisotopic (exact) mass is 547 g/mol. The maximum atomic E-state index is 13.4. The number of guanidine groups is 1. The number of nitro groups is 1. The summed E-state index contributed by atoms with van der Waals surface area (Å²) in [6, 6.07) is 12.0. The lowest BCUT2D eigenvalue weighted by molar-refractivity contribution is -0.384. The van der Waals surface area contributed by atoms with E-state index in [0.29, 0.717) is 25.3 Å². The molecule has 1 heterocycles. The van der Waals surface area contributed by atoms with Crippen molar-refractivity contribution in [3.05, 3.63) is 64.7 Å². The van der Waals surface area contributed by atoms with E-state index in [1.165, 1.54) is 29.2 Å². The fourth-order valence-electron chi connectivity index (χ4n) is 3.57. The Morgan fingerprint density at radius 2 is 1.76 bits per heavy atom. The number of hydrogen-bond acceptors (Lipinski definition) is 7. The van der Waals surface area contributed by atoms with Crippen molar-refractivity contribution < 1.29 is 24.0 Å². The number of nitrogens with two attached hydrogens (primary N) is 2. The number of carbonyl (C=O) groups is 3. The topological polar surface area (TPSA) is 186 Å². The van der Waals surface area contributed by atoms with Crippen LogP contribution >= 0.6 is 12.4 Å². The molecule has 1 aliphatic rings. The van der Waals surface area contributed by atoms with E-state index >= 15 is 0 Å². The number of nitrogens with zero attached hydrogens (tertiary/aromatic N) is 4. The lowest BCUT2D eigenvalue weighted by atomic mass is 10.1. The van der Waals surface area contributed by atoms with E-state index in [1.54, 1.807) is 30.3 Å². The van der Waals surface area contributed by atoms with Crippen molar-refractivity contribution in [1.82, 2.24) is 9.80 Å². The van der Waals surface area contributed by atoms with Gasteiger partial charge in [-0.25, -0.2) is 9.69 Å². The SMILES string of the molecule is Cl.NC(N)=NCCC[C@@H](C(=O)Nc1ccc([N+](=O)[O-])cc1)N(C(=O)COc1ccccc1)C(=O)N1CCC1. The largest absolute Gasteiger partial charge is 0.484 e. The zero-order valence-electron chi connectivity index (χ0n) is 20.5. The van der Waals surface area contributed by atoms with E-state index < -0.39 is 35.4 Å². The summed E-state index contributed by atoms with van der Waals surface area (Å²) in [5.74, 6) is -1.01. The third kappa shape index (κ3) is 8.34. The second-order valence-electron chi connectivity index (χ2n) is 8.25. The number of hydrogen-bond donors (Lipinski definition) is 3. The van der Waals surface area contributed by atoms with Crippen LogP contribution in [-0.4, -0.2) is 70.8 Å². The van der Waals surface area contributed by atoms with E-state index in [2.05, 4.69) is 10.3 Å². The van der Waals surface area contributed by atoms with Crippen molar-refractivity contribution >= 4 is 47.6 Å². The Morgan fingerprint density at radius 1 is 1.11 bits per heavy atom. The highest BCUT2D eigenvalue weighted by molar-refractivity contribution is 6.04. The van der Waals surface area contributed by atoms with Crippen molar-refractivity contribution in [3.8, 4) is 5.75 Å². The van der Waals surface area contributed by atoms with Crippen LogP contribution in [0.4, 0.5) is 16.2 Å². The van der Waals surface area contributed by atoms with Gasteiger partial charge in [0.25, 0.3) is 11.6 Å². The molecule has 0 bridgehead atoms. The molecule has 0 aromatic heterocycles. The lowest BCUT2D eigenvalue weighted by Crippen LogP contribution is -2.58. The number of aliphatic imine (C=N–C) groups is 1. The molecule has 4 amide bonds. The van der Waals surface area contributed by atoms with E-state index in [0.717, 1.165) is 11.3 Å². The summed E-state index contributed by atoms with van der Waals surface area (Å²) < 4.78 is 5.56. The lowest BCUT2D eigenvalue weighted by Gasteiger charge is -2.38. The quantitative estimate of drug-likeness (QED) is 0.125. The van der Waals surface area contributed by atoms with Crippen LogP contribution in [0, 0.1) is 10.1 Å². The number of benzene rings is 2. The molecule has 2 aromatic rings. The molecule has 38 heavy (non-hydrogen) atoms. The van der Waals surface area contributed by atoms with Crippen LogP contribution in [0.2, 0.25) is 0 Å². The molecule has 204 valence electrons. The van der Waals surface area contributed by atoms with Crippen LogP contribution in [0.25, 0.3) is 0 Å². The number of imide groups is 1. The molecule has 1 fully saturated rings. The number of para-hydroxylation sites is 1. The second-order valence-corrected chi connectivity index (χ2v) is 8.25. The number of likely N-dealkylation sites (tertiary alicyclic amines) is 1. The van der Waals surface area contributed by atoms with Gasteiger partial charge in [-0.15, -0.1) is 12.4 Å². The summed E-state index contributed by atoms with van der Waals surface area (Å²) in [6.45, 7) is 0.655. The number of nitrogens with one attached hydrogen (secondary N) is 1. The number of non-ortho nitro benzene ring substituents is 1. The highest BCUT2D eigenvalue weighted by Crippen LogP contribution is 2.20. The maximum absolute atomic E-state index is 13.4. The Morgan fingerprint density at radius 3 is 2.32 bits per heavy atom. The van der Waals surface area contributed by atoms with Gasteiger partial charge in [0.05, 0.1) is 4.92 Å². The first-order chi connectivity index (χ1) is 17.8. The van der Waals surface area contributed by atoms with Crippen LogP contribution in [-0.2, 0) is 9.59 Å². The molecule has 2 aromatic carbocycles. The van der Waals surface area contributed by atoms with E-state index in [-0.39, 0.29) is 42.7 Å². The minimum absolute atomic E-state index is 0. The van der Waals surface area contributed by atoms with E-state index in [9.17, 15) is 24.5 Å². The van der Waals surface area contributed by atoms with Crippen LogP contribution in [0.3, 0.4) is 0 Å². The molecular weight excluding hydrogens is 518 g/mol. The molecule has 14 heteroatoms. The van der Waals surface area contributed by atoms with Crippen molar-refractivity contribution in [1.29, 1.82) is 0 Å². The number of amides is 4. The fraction of sp³-hybridized carbons (Fsp3) is 0.333. The van der Waals surface area contributed by atoms with Gasteiger partial charge in [0.15, 0.2) is 12.6 Å². The summed E-state index contributed by atoms with van der Waals surface area (Å²) in [5, 5.41) is 13.6. The molecule has 5 N–H and O–H groups in total. The molecule has 0 unspecified atom stereocenters. The van der Waals surface area contributed by atoms with Gasteiger partial charge < -0.3 is 26.4 Å². The van der Waals surface area contributed by atoms with Gasteiger partial charge in [0.1, 0.15) is 11.8 Å². The summed E-state index contributed by atoms with van der Waals surface area (Å²) in [7, 11) is 0. The fourth-order valence-corrected chi connectivity index (χ4v) is 3.57. The molecule has 1 aliphatic heterocycles. The van der Waals surface area contributed by atoms with Crippen LogP contribution in [0.15, 0.2) is 59.6 Å². The molecule has 1 atom stereocenters. The molecule has 0 radical (unpaired) electrons. The minimum atomic E-state index is -1.20. The smallest absolute Gasteiger partial charge is 0.327 e. The predicted octanol–water partition coefficient (Wildman–Crippen LogP) is 2.11. The van der Waals surface area contributed by atoms with Gasteiger partial charge in [-0.2, -0.15) is 0 Å². The zero-order valence-corrected chi connectivity index (χ0v) is 21.3. The van der Waals surface area contributed by atoms with Crippen molar-refractivity contribution in [2.45, 2.75) is 25.3 Å². The summed E-state index contributed by atoms with van der Waals surface area (Å²) >= 11 is 0. The third-order valence-electron chi connectivity index (χ3n) is 5.60. The molecule has 0 saturated carbocycles. The highest BCUT2D eigenvalue weighted by Gasteiger charge is 2.38. The normalized spacial score (nSPS) is 12.7. The molecular formula is C24H30ClN7O6. The highest BCUT2D eigenvalue weighted by atomic mass is 35.5. The first-order valence-electron chi connectivity index (χ1n) is 11.7. The van der Waals surface area contributed by atoms with Crippen LogP contribution in [0.1, 0.15) is 19.3 Å². The second kappa shape index (κ2) is 14.4. The Balaban J connectivity index is 0.00000507. The van der Waals surface area contributed by atoms with Gasteiger partial charge in [-0.1, -0.05) is 18.2 Å². The zero-order chi connectivity index (χ0) is 26.8.